The fourth-order valence-corrected chi connectivity index (χ4v) is 3.25. The van der Waals surface area contributed by atoms with E-state index in [-0.39, 0.29) is 10.5 Å². The minimum absolute atomic E-state index is 0.0462. The van der Waals surface area contributed by atoms with Gasteiger partial charge >= 0.3 is 5.97 Å². The number of rotatable bonds is 4. The van der Waals surface area contributed by atoms with Gasteiger partial charge in [-0.05, 0) is 36.8 Å². The first-order chi connectivity index (χ1) is 10.4. The van der Waals surface area contributed by atoms with E-state index in [1.807, 2.05) is 6.07 Å². The van der Waals surface area contributed by atoms with Gasteiger partial charge in [-0.15, -0.1) is 0 Å². The van der Waals surface area contributed by atoms with Crippen LogP contribution in [0, 0.1) is 6.92 Å². The zero-order valence-electron chi connectivity index (χ0n) is 12.6. The maximum atomic E-state index is 12.7. The summed E-state index contributed by atoms with van der Waals surface area (Å²) in [6, 6.07) is 13.2. The molecule has 0 N–H and O–H groups in total. The highest BCUT2D eigenvalue weighted by Gasteiger charge is 2.23. The number of benzene rings is 2. The third-order valence-electron chi connectivity index (χ3n) is 3.39. The van der Waals surface area contributed by atoms with E-state index in [4.69, 9.17) is 0 Å². The summed E-state index contributed by atoms with van der Waals surface area (Å²) in [7, 11) is -1.01. The lowest BCUT2D eigenvalue weighted by Gasteiger charge is -2.20. The second kappa shape index (κ2) is 6.19. The van der Waals surface area contributed by atoms with Crippen LogP contribution in [-0.2, 0) is 14.8 Å². The Balaban J connectivity index is 2.48. The highest BCUT2D eigenvalue weighted by atomic mass is 32.2. The Morgan fingerprint density at radius 3 is 2.32 bits per heavy atom. The van der Waals surface area contributed by atoms with E-state index in [1.165, 1.54) is 30.6 Å². The third kappa shape index (κ3) is 2.96. The number of carbonyl (C=O) groups is 1. The number of sulfonamides is 1. The van der Waals surface area contributed by atoms with Crippen molar-refractivity contribution in [3.05, 3.63) is 59.7 Å². The second-order valence-corrected chi connectivity index (χ2v) is 6.75. The summed E-state index contributed by atoms with van der Waals surface area (Å²) >= 11 is 0. The summed E-state index contributed by atoms with van der Waals surface area (Å²) in [5.41, 5.74) is 1.45. The molecule has 0 spiro atoms. The molecular formula is C16H17NO4S. The van der Waals surface area contributed by atoms with E-state index >= 15 is 0 Å². The molecule has 0 saturated heterocycles. The van der Waals surface area contributed by atoms with Gasteiger partial charge in [-0.3, -0.25) is 4.31 Å². The molecule has 0 amide bonds. The molecule has 2 aromatic rings. The lowest BCUT2D eigenvalue weighted by atomic mass is 10.1. The SMILES string of the molecule is COC(=O)c1cc(S(=O)(=O)N(C)c2ccccc2)ccc1C. The lowest BCUT2D eigenvalue weighted by molar-refractivity contribution is 0.0599. The summed E-state index contributed by atoms with van der Waals surface area (Å²) in [4.78, 5) is 11.8. The standard InChI is InChI=1S/C16H17NO4S/c1-12-9-10-14(11-15(12)16(18)21-3)22(19,20)17(2)13-7-5-4-6-8-13/h4-11H,1-3H3. The van der Waals surface area contributed by atoms with E-state index in [2.05, 4.69) is 4.74 Å². The average Bonchev–Trinajstić information content (AvgIpc) is 2.54. The van der Waals surface area contributed by atoms with Gasteiger partial charge in [0.05, 0.1) is 23.3 Å². The topological polar surface area (TPSA) is 63.7 Å². The summed E-state index contributed by atoms with van der Waals surface area (Å²) in [6.45, 7) is 1.73. The van der Waals surface area contributed by atoms with Crippen LogP contribution in [0.4, 0.5) is 5.69 Å². The smallest absolute Gasteiger partial charge is 0.338 e. The molecular weight excluding hydrogens is 302 g/mol. The first-order valence-corrected chi connectivity index (χ1v) is 8.05. The molecule has 0 fully saturated rings. The number of esters is 1. The van der Waals surface area contributed by atoms with Crippen LogP contribution in [0.1, 0.15) is 15.9 Å². The van der Waals surface area contributed by atoms with Crippen molar-refractivity contribution in [2.75, 3.05) is 18.5 Å². The molecule has 0 aliphatic rings. The van der Waals surface area contributed by atoms with Gasteiger partial charge in [0.2, 0.25) is 0 Å². The minimum atomic E-state index is -3.75. The highest BCUT2D eigenvalue weighted by Crippen LogP contribution is 2.23. The van der Waals surface area contributed by atoms with Crippen LogP contribution < -0.4 is 4.31 Å². The van der Waals surface area contributed by atoms with Crippen LogP contribution in [0.3, 0.4) is 0 Å². The van der Waals surface area contributed by atoms with E-state index in [9.17, 15) is 13.2 Å². The fraction of sp³-hybridized carbons (Fsp3) is 0.188. The van der Waals surface area contributed by atoms with E-state index < -0.39 is 16.0 Å². The molecule has 0 aliphatic carbocycles. The van der Waals surface area contributed by atoms with Crippen molar-refractivity contribution in [1.29, 1.82) is 0 Å². The van der Waals surface area contributed by atoms with Crippen LogP contribution in [-0.4, -0.2) is 28.5 Å². The molecule has 22 heavy (non-hydrogen) atoms. The van der Waals surface area contributed by atoms with Crippen molar-refractivity contribution in [1.82, 2.24) is 0 Å². The molecule has 5 nitrogen and oxygen atoms in total. The van der Waals surface area contributed by atoms with Crippen LogP contribution in [0.2, 0.25) is 0 Å². The number of methoxy groups -OCH3 is 1. The molecule has 6 heteroatoms. The van der Waals surface area contributed by atoms with Crippen LogP contribution >= 0.6 is 0 Å². The highest BCUT2D eigenvalue weighted by molar-refractivity contribution is 7.92. The molecule has 2 aromatic carbocycles. The number of ether oxygens (including phenoxy) is 1. The van der Waals surface area contributed by atoms with Crippen molar-refractivity contribution in [2.45, 2.75) is 11.8 Å². The second-order valence-electron chi connectivity index (χ2n) is 4.78. The number of hydrogen-bond donors (Lipinski definition) is 0. The van der Waals surface area contributed by atoms with Crippen molar-refractivity contribution >= 4 is 21.7 Å². The normalized spacial score (nSPS) is 11.0. The van der Waals surface area contributed by atoms with Gasteiger partial charge in [-0.1, -0.05) is 24.3 Å². The number of para-hydroxylation sites is 1. The predicted molar refractivity (Wildman–Crippen MR) is 84.5 cm³/mol. The van der Waals surface area contributed by atoms with Gasteiger partial charge in [0, 0.05) is 7.05 Å². The van der Waals surface area contributed by atoms with Gasteiger partial charge in [-0.2, -0.15) is 0 Å². The van der Waals surface area contributed by atoms with Crippen molar-refractivity contribution in [3.63, 3.8) is 0 Å². The molecule has 2 rings (SSSR count). The first kappa shape index (κ1) is 16.0. The first-order valence-electron chi connectivity index (χ1n) is 6.61. The maximum absolute atomic E-state index is 12.7. The molecule has 0 bridgehead atoms. The Hall–Kier alpha value is -2.34. The van der Waals surface area contributed by atoms with Gasteiger partial charge in [0.15, 0.2) is 0 Å². The molecule has 0 radical (unpaired) electrons. The van der Waals surface area contributed by atoms with Gasteiger partial charge in [0.25, 0.3) is 10.0 Å². The predicted octanol–water partition coefficient (Wildman–Crippen LogP) is 2.61. The minimum Gasteiger partial charge on any atom is -0.465 e. The fourth-order valence-electron chi connectivity index (χ4n) is 2.03. The zero-order chi connectivity index (χ0) is 16.3. The number of anilines is 1. The summed E-state index contributed by atoms with van der Waals surface area (Å²) in [5, 5.41) is 0. The number of aryl methyl sites for hydroxylation is 1. The lowest BCUT2D eigenvalue weighted by Crippen LogP contribution is -2.26. The molecule has 0 aromatic heterocycles. The quantitative estimate of drug-likeness (QED) is 0.813. The largest absolute Gasteiger partial charge is 0.465 e. The van der Waals surface area contributed by atoms with Gasteiger partial charge < -0.3 is 4.74 Å². The summed E-state index contributed by atoms with van der Waals surface area (Å²) in [5.74, 6) is -0.558. The van der Waals surface area contributed by atoms with E-state index in [1.54, 1.807) is 37.3 Å². The third-order valence-corrected chi connectivity index (χ3v) is 5.17. The molecule has 0 heterocycles. The molecule has 0 saturated carbocycles. The van der Waals surface area contributed by atoms with E-state index in [0.29, 0.717) is 11.3 Å². The number of carbonyl (C=O) groups excluding carboxylic acids is 1. The zero-order valence-corrected chi connectivity index (χ0v) is 13.4. The van der Waals surface area contributed by atoms with Crippen molar-refractivity contribution in [3.8, 4) is 0 Å². The van der Waals surface area contributed by atoms with Crippen molar-refractivity contribution in [2.24, 2.45) is 0 Å². The maximum Gasteiger partial charge on any atom is 0.338 e. The van der Waals surface area contributed by atoms with E-state index in [0.717, 1.165) is 0 Å². The molecule has 116 valence electrons. The van der Waals surface area contributed by atoms with Gasteiger partial charge in [0.1, 0.15) is 0 Å². The molecule has 0 unspecified atom stereocenters. The Kier molecular flexibility index (Phi) is 4.51. The Morgan fingerprint density at radius 2 is 1.73 bits per heavy atom. The summed E-state index contributed by atoms with van der Waals surface area (Å²) in [6.07, 6.45) is 0. The molecule has 0 atom stereocenters. The Bertz CT molecular complexity index is 785. The van der Waals surface area contributed by atoms with Crippen LogP contribution in [0.15, 0.2) is 53.4 Å². The van der Waals surface area contributed by atoms with Crippen molar-refractivity contribution < 1.29 is 17.9 Å². The Labute approximate surface area is 130 Å². The van der Waals surface area contributed by atoms with Crippen LogP contribution in [0.5, 0.6) is 0 Å². The molecule has 0 aliphatic heterocycles. The Morgan fingerprint density at radius 1 is 1.09 bits per heavy atom. The van der Waals surface area contributed by atoms with Gasteiger partial charge in [-0.25, -0.2) is 13.2 Å². The number of nitrogens with zero attached hydrogens (tertiary/aromatic N) is 1. The summed E-state index contributed by atoms with van der Waals surface area (Å²) < 4.78 is 31.2. The van der Waals surface area contributed by atoms with Crippen LogP contribution in [0.25, 0.3) is 0 Å². The average molecular weight is 319 g/mol. The number of hydrogen-bond acceptors (Lipinski definition) is 4. The monoisotopic (exact) mass is 319 g/mol.